The second-order valence-electron chi connectivity index (χ2n) is 3.76. The lowest BCUT2D eigenvalue weighted by molar-refractivity contribution is 0.283. The summed E-state index contributed by atoms with van der Waals surface area (Å²) in [6, 6.07) is 3.97. The molecular weight excluding hydrogens is 234 g/mol. The average Bonchev–Trinajstić information content (AvgIpc) is 2.81. The van der Waals surface area contributed by atoms with Crippen LogP contribution in [0.25, 0.3) is 21.8 Å². The number of nitrogens with zero attached hydrogens (tertiary/aromatic N) is 2. The van der Waals surface area contributed by atoms with Gasteiger partial charge < -0.3 is 10.1 Å². The molecule has 0 aliphatic rings. The van der Waals surface area contributed by atoms with E-state index in [1.807, 2.05) is 24.6 Å². The molecule has 86 valence electrons. The number of aliphatic hydroxyl groups excluding tert-OH is 1. The van der Waals surface area contributed by atoms with Crippen LogP contribution in [0, 0.1) is 0 Å². The lowest BCUT2D eigenvalue weighted by Crippen LogP contribution is -1.88. The van der Waals surface area contributed by atoms with E-state index in [1.54, 1.807) is 18.0 Å². The predicted molar refractivity (Wildman–Crippen MR) is 69.1 cm³/mol. The Morgan fingerprint density at radius 1 is 1.29 bits per heavy atom. The van der Waals surface area contributed by atoms with Gasteiger partial charge in [0.25, 0.3) is 0 Å². The topological polar surface area (TPSA) is 61.8 Å². The molecule has 0 bridgehead atoms. The van der Waals surface area contributed by atoms with Gasteiger partial charge in [0.05, 0.1) is 17.6 Å². The SMILES string of the molecule is CSc1ncc2ccc3c(CO)cnc3c2[nH]1. The van der Waals surface area contributed by atoms with E-state index < -0.39 is 0 Å². The van der Waals surface area contributed by atoms with Gasteiger partial charge in [0, 0.05) is 28.7 Å². The number of aromatic nitrogens is 3. The fourth-order valence-corrected chi connectivity index (χ4v) is 2.31. The molecule has 4 nitrogen and oxygen atoms in total. The van der Waals surface area contributed by atoms with Crippen LogP contribution in [0.5, 0.6) is 0 Å². The zero-order valence-electron chi connectivity index (χ0n) is 9.27. The number of benzene rings is 1. The molecule has 0 saturated carbocycles. The third kappa shape index (κ3) is 1.59. The highest BCUT2D eigenvalue weighted by Gasteiger charge is 2.08. The lowest BCUT2D eigenvalue weighted by atomic mass is 10.1. The molecule has 3 rings (SSSR count). The smallest absolute Gasteiger partial charge is 0.165 e. The highest BCUT2D eigenvalue weighted by molar-refractivity contribution is 7.98. The van der Waals surface area contributed by atoms with E-state index in [9.17, 15) is 5.11 Å². The Kier molecular flexibility index (Phi) is 2.49. The molecule has 5 heteroatoms. The van der Waals surface area contributed by atoms with Gasteiger partial charge in [-0.1, -0.05) is 23.9 Å². The van der Waals surface area contributed by atoms with Crippen molar-refractivity contribution in [3.8, 4) is 0 Å². The standard InChI is InChI=1S/C12H11N3OS/c1-17-12-14-4-7-2-3-9-8(6-16)5-13-11(9)10(7)15-12/h2-5,16H,6H2,1H3,(H,14,15). The van der Waals surface area contributed by atoms with Crippen molar-refractivity contribution in [3.63, 3.8) is 0 Å². The average molecular weight is 245 g/mol. The normalized spacial score (nSPS) is 11.4. The molecule has 3 aromatic rings. The van der Waals surface area contributed by atoms with Crippen LogP contribution in [0.15, 0.2) is 29.7 Å². The maximum Gasteiger partial charge on any atom is 0.165 e. The Morgan fingerprint density at radius 3 is 2.94 bits per heavy atom. The molecule has 0 atom stereocenters. The molecule has 0 unspecified atom stereocenters. The van der Waals surface area contributed by atoms with Gasteiger partial charge in [-0.3, -0.25) is 4.98 Å². The third-order valence-electron chi connectivity index (χ3n) is 2.82. The molecule has 0 aliphatic heterocycles. The Balaban J connectivity index is 2.40. The number of H-pyrrole nitrogens is 1. The van der Waals surface area contributed by atoms with Crippen LogP contribution in [-0.2, 0) is 6.61 Å². The van der Waals surface area contributed by atoms with Crippen molar-refractivity contribution in [1.29, 1.82) is 0 Å². The van der Waals surface area contributed by atoms with Crippen LogP contribution in [0.4, 0.5) is 0 Å². The van der Waals surface area contributed by atoms with Crippen molar-refractivity contribution in [2.24, 2.45) is 0 Å². The summed E-state index contributed by atoms with van der Waals surface area (Å²) in [4.78, 5) is 11.9. The molecule has 2 heterocycles. The Bertz CT molecular complexity index is 693. The molecule has 2 N–H and O–H groups in total. The Labute approximate surface area is 102 Å². The second-order valence-corrected chi connectivity index (χ2v) is 4.55. The van der Waals surface area contributed by atoms with E-state index >= 15 is 0 Å². The third-order valence-corrected chi connectivity index (χ3v) is 3.42. The molecule has 0 radical (unpaired) electrons. The van der Waals surface area contributed by atoms with Gasteiger partial charge in [-0.15, -0.1) is 0 Å². The number of rotatable bonds is 2. The van der Waals surface area contributed by atoms with Crippen LogP contribution in [0.3, 0.4) is 0 Å². The highest BCUT2D eigenvalue weighted by Crippen LogP contribution is 2.26. The second kappa shape index (κ2) is 4.01. The number of nitrogens with one attached hydrogen (secondary N) is 1. The van der Waals surface area contributed by atoms with E-state index in [0.29, 0.717) is 0 Å². The summed E-state index contributed by atoms with van der Waals surface area (Å²) < 4.78 is 0. The first-order valence-electron chi connectivity index (χ1n) is 5.23. The Morgan fingerprint density at radius 2 is 2.18 bits per heavy atom. The quantitative estimate of drug-likeness (QED) is 0.537. The van der Waals surface area contributed by atoms with Crippen LogP contribution in [0.1, 0.15) is 5.56 Å². The number of aromatic amines is 1. The summed E-state index contributed by atoms with van der Waals surface area (Å²) in [6.45, 7) is 0.0163. The molecule has 1 aromatic carbocycles. The number of thioether (sulfide) groups is 1. The van der Waals surface area contributed by atoms with Crippen molar-refractivity contribution in [2.45, 2.75) is 11.8 Å². The van der Waals surface area contributed by atoms with Gasteiger partial charge in [-0.2, -0.15) is 0 Å². The number of aliphatic hydroxyl groups is 1. The van der Waals surface area contributed by atoms with E-state index in [0.717, 1.165) is 32.5 Å². The van der Waals surface area contributed by atoms with Gasteiger partial charge in [-0.25, -0.2) is 4.98 Å². The number of hydrogen-bond donors (Lipinski definition) is 2. The van der Waals surface area contributed by atoms with Crippen LogP contribution < -0.4 is 0 Å². The Hall–Kier alpha value is -1.59. The fourth-order valence-electron chi connectivity index (χ4n) is 1.95. The summed E-state index contributed by atoms with van der Waals surface area (Å²) in [5.41, 5.74) is 2.73. The minimum atomic E-state index is 0.0163. The zero-order valence-corrected chi connectivity index (χ0v) is 10.1. The molecule has 0 aliphatic carbocycles. The maximum atomic E-state index is 9.23. The fraction of sp³-hybridized carbons (Fsp3) is 0.167. The van der Waals surface area contributed by atoms with Gasteiger partial charge >= 0.3 is 0 Å². The minimum absolute atomic E-state index is 0.0163. The summed E-state index contributed by atoms with van der Waals surface area (Å²) in [5, 5.41) is 12.1. The first-order chi connectivity index (χ1) is 8.33. The molecule has 0 fully saturated rings. The molecule has 2 aromatic heterocycles. The van der Waals surface area contributed by atoms with E-state index in [1.165, 1.54) is 0 Å². The van der Waals surface area contributed by atoms with E-state index in [2.05, 4.69) is 15.0 Å². The summed E-state index contributed by atoms with van der Waals surface area (Å²) in [5.74, 6) is 0. The highest BCUT2D eigenvalue weighted by atomic mass is 32.2. The minimum Gasteiger partial charge on any atom is -0.392 e. The van der Waals surface area contributed by atoms with Crippen molar-refractivity contribution in [2.75, 3.05) is 6.26 Å². The van der Waals surface area contributed by atoms with Gasteiger partial charge in [0.1, 0.15) is 0 Å². The van der Waals surface area contributed by atoms with Crippen molar-refractivity contribution in [1.82, 2.24) is 15.0 Å². The molecular formula is C12H11N3OS. The van der Waals surface area contributed by atoms with Crippen LogP contribution in [0.2, 0.25) is 0 Å². The number of fused-ring (bicyclic) bond motifs is 3. The van der Waals surface area contributed by atoms with Gasteiger partial charge in [0.2, 0.25) is 0 Å². The molecule has 17 heavy (non-hydrogen) atoms. The predicted octanol–water partition coefficient (Wildman–Crippen LogP) is 2.33. The van der Waals surface area contributed by atoms with Gasteiger partial charge in [0.15, 0.2) is 5.16 Å². The zero-order chi connectivity index (χ0) is 11.8. The van der Waals surface area contributed by atoms with Crippen molar-refractivity contribution >= 4 is 33.6 Å². The summed E-state index contributed by atoms with van der Waals surface area (Å²) in [7, 11) is 0. The van der Waals surface area contributed by atoms with Crippen molar-refractivity contribution in [3.05, 3.63) is 30.1 Å². The van der Waals surface area contributed by atoms with E-state index in [4.69, 9.17) is 0 Å². The first kappa shape index (κ1) is 10.6. The summed E-state index contributed by atoms with van der Waals surface area (Å²) in [6.07, 6.45) is 5.53. The summed E-state index contributed by atoms with van der Waals surface area (Å²) >= 11 is 1.56. The molecule has 0 spiro atoms. The number of hydrogen-bond acceptors (Lipinski definition) is 4. The largest absolute Gasteiger partial charge is 0.392 e. The first-order valence-corrected chi connectivity index (χ1v) is 6.46. The lowest BCUT2D eigenvalue weighted by Gasteiger charge is -2.02. The monoisotopic (exact) mass is 245 g/mol. The van der Waals surface area contributed by atoms with E-state index in [-0.39, 0.29) is 6.61 Å². The maximum absolute atomic E-state index is 9.23. The van der Waals surface area contributed by atoms with Crippen molar-refractivity contribution < 1.29 is 5.11 Å². The molecule has 0 saturated heterocycles. The van der Waals surface area contributed by atoms with Crippen LogP contribution >= 0.6 is 11.8 Å². The van der Waals surface area contributed by atoms with Crippen LogP contribution in [-0.4, -0.2) is 26.3 Å². The van der Waals surface area contributed by atoms with Gasteiger partial charge in [-0.05, 0) is 6.26 Å². The molecule has 0 amide bonds.